The van der Waals surface area contributed by atoms with E-state index in [2.05, 4.69) is 35.7 Å². The van der Waals surface area contributed by atoms with Crippen LogP contribution in [0.15, 0.2) is 65.9 Å². The van der Waals surface area contributed by atoms with E-state index in [4.69, 9.17) is 0 Å². The van der Waals surface area contributed by atoms with Gasteiger partial charge in [0.2, 0.25) is 0 Å². The monoisotopic (exact) mass is 339 g/mol. The number of nitrogens with zero attached hydrogens (tertiary/aromatic N) is 5. The Labute approximate surface area is 147 Å². The second-order valence-electron chi connectivity index (χ2n) is 5.80. The van der Waals surface area contributed by atoms with Crippen LogP contribution in [0.2, 0.25) is 0 Å². The van der Waals surface area contributed by atoms with Gasteiger partial charge in [-0.2, -0.15) is 10.1 Å². The van der Waals surface area contributed by atoms with Gasteiger partial charge in [-0.25, -0.2) is 5.43 Å². The molecular weight excluding hydrogens is 326 g/mol. The van der Waals surface area contributed by atoms with E-state index in [-0.39, 0.29) is 0 Å². The van der Waals surface area contributed by atoms with Crippen LogP contribution in [0.1, 0.15) is 5.56 Å². The van der Waals surface area contributed by atoms with Crippen LogP contribution < -0.4 is 5.43 Å². The highest BCUT2D eigenvalue weighted by molar-refractivity contribution is 6.03. The number of anilines is 1. The summed E-state index contributed by atoms with van der Waals surface area (Å²) in [4.78, 5) is 12.1. The first-order valence-corrected chi connectivity index (χ1v) is 8.12. The van der Waals surface area contributed by atoms with Gasteiger partial charge >= 0.3 is 0 Å². The number of fused-ring (bicyclic) bond motifs is 4. The molecule has 0 saturated heterocycles. The Morgan fingerprint density at radius 3 is 2.85 bits per heavy atom. The standard InChI is InChI=1S/C19H13N7/c1-2-9-15-14(8-1)17-18(22-15)23-19(26-24-17)25-21-11-13-6-3-5-12-7-4-10-20-16(12)13/h1-11H,(H2,22,23,25,26)/b21-11+. The summed E-state index contributed by atoms with van der Waals surface area (Å²) in [5, 5.41) is 14.6. The topological polar surface area (TPSA) is 91.7 Å². The SMILES string of the molecule is C(=N\Nc1nnc2c(n1)[nH]c1ccccc12)/c1cccc2cccnc12. The van der Waals surface area contributed by atoms with E-state index in [1.807, 2.05) is 54.6 Å². The summed E-state index contributed by atoms with van der Waals surface area (Å²) in [6.45, 7) is 0. The summed E-state index contributed by atoms with van der Waals surface area (Å²) in [6, 6.07) is 17.8. The molecule has 0 spiro atoms. The number of para-hydroxylation sites is 2. The van der Waals surface area contributed by atoms with Gasteiger partial charge in [0, 0.05) is 28.0 Å². The number of aromatic amines is 1. The smallest absolute Gasteiger partial charge is 0.265 e. The van der Waals surface area contributed by atoms with Crippen molar-refractivity contribution in [3.8, 4) is 0 Å². The van der Waals surface area contributed by atoms with Crippen molar-refractivity contribution in [1.82, 2.24) is 25.1 Å². The van der Waals surface area contributed by atoms with Gasteiger partial charge in [-0.05, 0) is 12.1 Å². The fraction of sp³-hybridized carbons (Fsp3) is 0. The van der Waals surface area contributed by atoms with E-state index in [0.29, 0.717) is 11.6 Å². The predicted octanol–water partition coefficient (Wildman–Crippen LogP) is 3.50. The third-order valence-corrected chi connectivity index (χ3v) is 4.15. The highest BCUT2D eigenvalue weighted by Crippen LogP contribution is 2.21. The third-order valence-electron chi connectivity index (χ3n) is 4.15. The number of hydrazone groups is 1. The predicted molar refractivity (Wildman–Crippen MR) is 102 cm³/mol. The van der Waals surface area contributed by atoms with Crippen molar-refractivity contribution in [2.75, 3.05) is 5.43 Å². The maximum atomic E-state index is 4.44. The highest BCUT2D eigenvalue weighted by Gasteiger charge is 2.08. The lowest BCUT2D eigenvalue weighted by molar-refractivity contribution is 1.01. The van der Waals surface area contributed by atoms with Gasteiger partial charge in [-0.15, -0.1) is 10.2 Å². The van der Waals surface area contributed by atoms with E-state index in [1.165, 1.54) is 0 Å². The minimum Gasteiger partial charge on any atom is -0.338 e. The van der Waals surface area contributed by atoms with Crippen molar-refractivity contribution in [3.05, 3.63) is 66.4 Å². The summed E-state index contributed by atoms with van der Waals surface area (Å²) in [6.07, 6.45) is 3.47. The van der Waals surface area contributed by atoms with Gasteiger partial charge in [-0.3, -0.25) is 4.98 Å². The van der Waals surface area contributed by atoms with Crippen LogP contribution in [0.5, 0.6) is 0 Å². The second-order valence-corrected chi connectivity index (χ2v) is 5.80. The van der Waals surface area contributed by atoms with Crippen LogP contribution in [0.4, 0.5) is 5.95 Å². The van der Waals surface area contributed by atoms with Crippen LogP contribution in [0.3, 0.4) is 0 Å². The van der Waals surface area contributed by atoms with E-state index >= 15 is 0 Å². The van der Waals surface area contributed by atoms with Crippen LogP contribution in [-0.4, -0.2) is 31.4 Å². The number of pyridine rings is 1. The second kappa shape index (κ2) is 5.89. The zero-order valence-corrected chi connectivity index (χ0v) is 13.6. The average molecular weight is 339 g/mol. The van der Waals surface area contributed by atoms with Crippen LogP contribution in [0.25, 0.3) is 33.0 Å². The molecule has 3 aromatic heterocycles. The zero-order valence-electron chi connectivity index (χ0n) is 13.6. The Bertz CT molecular complexity index is 1270. The molecule has 7 nitrogen and oxygen atoms in total. The molecule has 7 heteroatoms. The zero-order chi connectivity index (χ0) is 17.3. The van der Waals surface area contributed by atoms with E-state index in [9.17, 15) is 0 Å². The lowest BCUT2D eigenvalue weighted by atomic mass is 10.1. The Balaban J connectivity index is 1.45. The lowest BCUT2D eigenvalue weighted by Gasteiger charge is -2.00. The van der Waals surface area contributed by atoms with E-state index in [1.54, 1.807) is 12.4 Å². The van der Waals surface area contributed by atoms with Crippen molar-refractivity contribution >= 4 is 45.1 Å². The summed E-state index contributed by atoms with van der Waals surface area (Å²) in [5.74, 6) is 0.327. The summed E-state index contributed by atoms with van der Waals surface area (Å²) in [5.41, 5.74) is 7.03. The maximum absolute atomic E-state index is 4.44. The first-order valence-electron chi connectivity index (χ1n) is 8.12. The molecule has 3 heterocycles. The molecule has 0 bridgehead atoms. The number of H-pyrrole nitrogens is 1. The quantitative estimate of drug-likeness (QED) is 0.388. The van der Waals surface area contributed by atoms with Gasteiger partial charge in [0.25, 0.3) is 5.95 Å². The molecule has 0 aliphatic rings. The number of aromatic nitrogens is 5. The molecule has 5 aromatic rings. The number of rotatable bonds is 3. The third kappa shape index (κ3) is 2.42. The molecule has 0 aliphatic heterocycles. The first-order chi connectivity index (χ1) is 12.9. The molecule has 2 N–H and O–H groups in total. The Hall–Kier alpha value is -3.87. The van der Waals surface area contributed by atoms with Gasteiger partial charge < -0.3 is 4.98 Å². The molecule has 2 aromatic carbocycles. The fourth-order valence-corrected chi connectivity index (χ4v) is 2.96. The van der Waals surface area contributed by atoms with Gasteiger partial charge in [0.15, 0.2) is 5.65 Å². The highest BCUT2D eigenvalue weighted by atomic mass is 15.4. The maximum Gasteiger partial charge on any atom is 0.265 e. The molecule has 124 valence electrons. The molecule has 0 atom stereocenters. The molecule has 0 amide bonds. The lowest BCUT2D eigenvalue weighted by Crippen LogP contribution is -1.99. The molecule has 0 unspecified atom stereocenters. The molecular formula is C19H13N7. The number of nitrogens with one attached hydrogen (secondary N) is 2. The molecule has 0 saturated carbocycles. The summed E-state index contributed by atoms with van der Waals surface area (Å²) >= 11 is 0. The van der Waals surface area contributed by atoms with Gasteiger partial charge in [0.1, 0.15) is 5.52 Å². The van der Waals surface area contributed by atoms with Gasteiger partial charge in [-0.1, -0.05) is 42.5 Å². The minimum absolute atomic E-state index is 0.327. The van der Waals surface area contributed by atoms with E-state index in [0.717, 1.165) is 32.9 Å². The normalized spacial score (nSPS) is 11.7. The fourth-order valence-electron chi connectivity index (χ4n) is 2.96. The molecule has 5 rings (SSSR count). The molecule has 0 aliphatic carbocycles. The Morgan fingerprint density at radius 1 is 0.923 bits per heavy atom. The Kier molecular flexibility index (Phi) is 3.28. The van der Waals surface area contributed by atoms with Crippen LogP contribution in [-0.2, 0) is 0 Å². The molecule has 26 heavy (non-hydrogen) atoms. The number of benzene rings is 2. The molecule has 0 radical (unpaired) electrons. The van der Waals surface area contributed by atoms with E-state index < -0.39 is 0 Å². The Morgan fingerprint density at radius 2 is 1.85 bits per heavy atom. The molecule has 0 fully saturated rings. The van der Waals surface area contributed by atoms with Crippen LogP contribution in [0, 0.1) is 0 Å². The first kappa shape index (κ1) is 14.5. The number of hydrogen-bond donors (Lipinski definition) is 2. The summed E-state index contributed by atoms with van der Waals surface area (Å²) < 4.78 is 0. The largest absolute Gasteiger partial charge is 0.338 e. The van der Waals surface area contributed by atoms with Crippen molar-refractivity contribution in [1.29, 1.82) is 0 Å². The van der Waals surface area contributed by atoms with Gasteiger partial charge in [0.05, 0.1) is 11.7 Å². The minimum atomic E-state index is 0.327. The van der Waals surface area contributed by atoms with Crippen molar-refractivity contribution < 1.29 is 0 Å². The summed E-state index contributed by atoms with van der Waals surface area (Å²) in [7, 11) is 0. The van der Waals surface area contributed by atoms with Crippen molar-refractivity contribution in [3.63, 3.8) is 0 Å². The van der Waals surface area contributed by atoms with Crippen LogP contribution >= 0.6 is 0 Å². The van der Waals surface area contributed by atoms with Crippen molar-refractivity contribution in [2.24, 2.45) is 5.10 Å². The number of hydrogen-bond acceptors (Lipinski definition) is 6. The van der Waals surface area contributed by atoms with Crippen molar-refractivity contribution in [2.45, 2.75) is 0 Å². The average Bonchev–Trinajstić information content (AvgIpc) is 3.06.